The number of nitrogens with zero attached hydrogens (tertiary/aromatic N) is 6. The maximum Gasteiger partial charge on any atom is 0.247 e. The summed E-state index contributed by atoms with van der Waals surface area (Å²) in [5.41, 5.74) is 2.08. The zero-order chi connectivity index (χ0) is 18.2. The molecule has 0 unspecified atom stereocenters. The summed E-state index contributed by atoms with van der Waals surface area (Å²) in [5.74, 6) is 0. The first-order chi connectivity index (χ1) is 12.1. The van der Waals surface area contributed by atoms with Gasteiger partial charge in [0, 0.05) is 13.1 Å². The van der Waals surface area contributed by atoms with Gasteiger partial charge < -0.3 is 4.90 Å². The van der Waals surface area contributed by atoms with Crippen molar-refractivity contribution in [2.24, 2.45) is 10.2 Å². The van der Waals surface area contributed by atoms with E-state index in [-0.39, 0.29) is 0 Å². The second kappa shape index (κ2) is 9.59. The van der Waals surface area contributed by atoms with Crippen LogP contribution in [0.15, 0.2) is 10.2 Å². The van der Waals surface area contributed by atoms with E-state index in [0.29, 0.717) is 16.4 Å². The Bertz CT molecular complexity index is 748. The van der Waals surface area contributed by atoms with Gasteiger partial charge in [0.2, 0.25) is 5.69 Å². The van der Waals surface area contributed by atoms with Crippen LogP contribution in [0.1, 0.15) is 50.9 Å². The van der Waals surface area contributed by atoms with Crippen molar-refractivity contribution < 1.29 is 0 Å². The molecule has 0 fully saturated rings. The Balaban J connectivity index is 2.20. The Kier molecular flexibility index (Phi) is 7.47. The van der Waals surface area contributed by atoms with Crippen molar-refractivity contribution in [3.8, 4) is 0 Å². The highest BCUT2D eigenvalue weighted by molar-refractivity contribution is 7.19. The Morgan fingerprint density at radius 2 is 1.68 bits per heavy atom. The monoisotopic (exact) mass is 376 g/mol. The van der Waals surface area contributed by atoms with Gasteiger partial charge >= 0.3 is 0 Å². The summed E-state index contributed by atoms with van der Waals surface area (Å²) in [7, 11) is 0. The fraction of sp³-hybridized carbons (Fsp3) is 0.588. The maximum atomic E-state index is 7.23. The molecule has 2 rings (SSSR count). The topological polar surface area (TPSA) is 58.1 Å². The molecular formula is C17H24N6S2. The zero-order valence-corrected chi connectivity index (χ0v) is 16.9. The minimum absolute atomic E-state index is 0.489. The van der Waals surface area contributed by atoms with E-state index in [1.165, 1.54) is 24.4 Å². The van der Waals surface area contributed by atoms with E-state index < -0.39 is 0 Å². The van der Waals surface area contributed by atoms with Crippen LogP contribution < -0.4 is 4.90 Å². The number of aromatic nitrogens is 2. The van der Waals surface area contributed by atoms with E-state index in [0.717, 1.165) is 41.8 Å². The molecule has 134 valence electrons. The molecule has 0 amide bonds. The molecule has 0 bridgehead atoms. The Hall–Kier alpha value is -1.85. The van der Waals surface area contributed by atoms with Crippen LogP contribution in [0.4, 0.5) is 20.8 Å². The molecule has 0 aliphatic carbocycles. The smallest absolute Gasteiger partial charge is 0.247 e. The number of hydrogen-bond acceptors (Lipinski definition) is 7. The van der Waals surface area contributed by atoms with Gasteiger partial charge in [-0.3, -0.25) is 0 Å². The molecule has 6 nitrogen and oxygen atoms in total. The lowest BCUT2D eigenvalue weighted by atomic mass is 10.3. The Morgan fingerprint density at radius 1 is 1.04 bits per heavy atom. The average molecular weight is 377 g/mol. The van der Waals surface area contributed by atoms with Crippen molar-refractivity contribution in [1.29, 1.82) is 0 Å². The van der Waals surface area contributed by atoms with Crippen LogP contribution in [-0.4, -0.2) is 22.4 Å². The SMILES string of the molecule is [C-]#[N+]c1c(C)nsc1N=Nc1sc(N(CCCC)CCCC)nc1C. The van der Waals surface area contributed by atoms with E-state index in [2.05, 4.69) is 38.2 Å². The van der Waals surface area contributed by atoms with Gasteiger partial charge in [0.05, 0.1) is 18.0 Å². The Morgan fingerprint density at radius 3 is 2.28 bits per heavy atom. The zero-order valence-electron chi connectivity index (χ0n) is 15.2. The van der Waals surface area contributed by atoms with E-state index in [9.17, 15) is 0 Å². The van der Waals surface area contributed by atoms with Gasteiger partial charge in [-0.25, -0.2) is 14.2 Å². The maximum absolute atomic E-state index is 7.23. The van der Waals surface area contributed by atoms with Crippen molar-refractivity contribution >= 4 is 43.7 Å². The molecule has 0 aliphatic heterocycles. The molecule has 0 saturated carbocycles. The molecule has 8 heteroatoms. The number of hydrogen-bond donors (Lipinski definition) is 0. The first-order valence-electron chi connectivity index (χ1n) is 8.58. The standard InChI is InChI=1S/C17H24N6S2/c1-6-8-10-23(11-9-7-2)17-19-13(4)15(24-17)20-21-16-14(18-5)12(3)22-25-16/h6-11H2,1-4H3. The predicted molar refractivity (Wildman–Crippen MR) is 106 cm³/mol. The molecule has 0 atom stereocenters. The third-order valence-corrected chi connectivity index (χ3v) is 5.67. The number of rotatable bonds is 9. The third kappa shape index (κ3) is 5.06. The normalized spacial score (nSPS) is 11.2. The fourth-order valence-corrected chi connectivity index (χ4v) is 3.85. The molecule has 0 aromatic carbocycles. The highest BCUT2D eigenvalue weighted by Gasteiger charge is 2.15. The lowest BCUT2D eigenvalue weighted by Gasteiger charge is -2.21. The van der Waals surface area contributed by atoms with Crippen molar-refractivity contribution in [3.63, 3.8) is 0 Å². The number of unbranched alkanes of at least 4 members (excludes halogenated alkanes) is 2. The first kappa shape index (κ1) is 19.5. The summed E-state index contributed by atoms with van der Waals surface area (Å²) in [5, 5.41) is 11.0. The molecule has 0 N–H and O–H groups in total. The van der Waals surface area contributed by atoms with Crippen LogP contribution in [0.25, 0.3) is 4.85 Å². The predicted octanol–water partition coefficient (Wildman–Crippen LogP) is 6.59. The van der Waals surface area contributed by atoms with Gasteiger partial charge in [-0.05, 0) is 38.2 Å². The summed E-state index contributed by atoms with van der Waals surface area (Å²) >= 11 is 2.78. The van der Waals surface area contributed by atoms with E-state index in [4.69, 9.17) is 11.6 Å². The molecule has 2 heterocycles. The average Bonchev–Trinajstić information content (AvgIpc) is 3.15. The highest BCUT2D eigenvalue weighted by atomic mass is 32.1. The first-order valence-corrected chi connectivity index (χ1v) is 10.2. The van der Waals surface area contributed by atoms with Gasteiger partial charge in [0.1, 0.15) is 0 Å². The molecule has 0 saturated heterocycles. The number of azo groups is 1. The van der Waals surface area contributed by atoms with Crippen LogP contribution >= 0.6 is 22.9 Å². The van der Waals surface area contributed by atoms with Gasteiger partial charge in [0.15, 0.2) is 15.1 Å². The lowest BCUT2D eigenvalue weighted by Crippen LogP contribution is -2.25. The third-order valence-electron chi connectivity index (χ3n) is 3.75. The number of thiazole rings is 1. The summed E-state index contributed by atoms with van der Waals surface area (Å²) in [4.78, 5) is 10.5. The summed E-state index contributed by atoms with van der Waals surface area (Å²) in [6.07, 6.45) is 4.66. The van der Waals surface area contributed by atoms with Crippen LogP contribution in [0.2, 0.25) is 0 Å². The molecular weight excluding hydrogens is 352 g/mol. The minimum atomic E-state index is 0.489. The summed E-state index contributed by atoms with van der Waals surface area (Å²) < 4.78 is 4.18. The van der Waals surface area contributed by atoms with Gasteiger partial charge in [0.25, 0.3) is 0 Å². The van der Waals surface area contributed by atoms with Crippen molar-refractivity contribution in [1.82, 2.24) is 9.36 Å². The molecule has 0 aliphatic rings. The molecule has 2 aromatic rings. The second-order valence-corrected chi connectivity index (χ2v) is 7.52. The van der Waals surface area contributed by atoms with Gasteiger partial charge in [-0.2, -0.15) is 0 Å². The van der Waals surface area contributed by atoms with E-state index >= 15 is 0 Å². The molecule has 2 aromatic heterocycles. The van der Waals surface area contributed by atoms with Crippen LogP contribution in [0.3, 0.4) is 0 Å². The van der Waals surface area contributed by atoms with Crippen molar-refractivity contribution in [2.75, 3.05) is 18.0 Å². The summed E-state index contributed by atoms with van der Waals surface area (Å²) in [6.45, 7) is 17.5. The number of aryl methyl sites for hydroxylation is 2. The molecule has 0 spiro atoms. The lowest BCUT2D eigenvalue weighted by molar-refractivity contribution is 0.676. The largest absolute Gasteiger partial charge is 0.348 e. The molecule has 25 heavy (non-hydrogen) atoms. The summed E-state index contributed by atoms with van der Waals surface area (Å²) in [6, 6.07) is 0. The van der Waals surface area contributed by atoms with Crippen molar-refractivity contribution in [2.45, 2.75) is 53.4 Å². The Labute approximate surface area is 157 Å². The van der Waals surface area contributed by atoms with Crippen LogP contribution in [-0.2, 0) is 0 Å². The van der Waals surface area contributed by atoms with Gasteiger partial charge in [-0.15, -0.1) is 10.2 Å². The molecule has 0 radical (unpaired) electrons. The van der Waals surface area contributed by atoms with Crippen molar-refractivity contribution in [3.05, 3.63) is 22.8 Å². The number of anilines is 1. The van der Waals surface area contributed by atoms with E-state index in [1.54, 1.807) is 11.3 Å². The minimum Gasteiger partial charge on any atom is -0.348 e. The van der Waals surface area contributed by atoms with Crippen LogP contribution in [0, 0.1) is 20.4 Å². The second-order valence-electron chi connectivity index (χ2n) is 5.81. The van der Waals surface area contributed by atoms with E-state index in [1.807, 2.05) is 13.8 Å². The van der Waals surface area contributed by atoms with Crippen LogP contribution in [0.5, 0.6) is 0 Å². The van der Waals surface area contributed by atoms with Gasteiger partial charge in [-0.1, -0.05) is 38.0 Å². The highest BCUT2D eigenvalue weighted by Crippen LogP contribution is 2.39. The quantitative estimate of drug-likeness (QED) is 0.366. The fourth-order valence-electron chi connectivity index (χ4n) is 2.24.